The molecule has 1 aliphatic heterocycles. The Balaban J connectivity index is 2.18. The van der Waals surface area contributed by atoms with Gasteiger partial charge in [-0.25, -0.2) is 0 Å². The molecule has 0 aliphatic carbocycles. The predicted molar refractivity (Wildman–Crippen MR) is 59.8 cm³/mol. The maximum atomic E-state index is 12.3. The lowest BCUT2D eigenvalue weighted by molar-refractivity contribution is -0.145. The maximum absolute atomic E-state index is 12.3. The van der Waals surface area contributed by atoms with Gasteiger partial charge in [0.15, 0.2) is 0 Å². The van der Waals surface area contributed by atoms with E-state index in [1.54, 1.807) is 0 Å². The van der Waals surface area contributed by atoms with Gasteiger partial charge >= 0.3 is 6.18 Å². The summed E-state index contributed by atoms with van der Waals surface area (Å²) in [4.78, 5) is 1.37. The van der Waals surface area contributed by atoms with E-state index in [4.69, 9.17) is 10.5 Å². The highest BCUT2D eigenvalue weighted by atomic mass is 19.4. The van der Waals surface area contributed by atoms with Crippen LogP contribution in [-0.2, 0) is 4.74 Å². The molecule has 1 rings (SSSR count). The van der Waals surface area contributed by atoms with Crippen molar-refractivity contribution >= 4 is 0 Å². The molecule has 0 aromatic rings. The fourth-order valence-electron chi connectivity index (χ4n) is 2.12. The van der Waals surface area contributed by atoms with Gasteiger partial charge in [-0.05, 0) is 32.2 Å². The number of halogens is 3. The Morgan fingerprint density at radius 1 is 1.29 bits per heavy atom. The molecule has 0 amide bonds. The van der Waals surface area contributed by atoms with Crippen LogP contribution in [0.15, 0.2) is 0 Å². The summed E-state index contributed by atoms with van der Waals surface area (Å²) in [6.07, 6.45) is -0.199. The van der Waals surface area contributed by atoms with Crippen LogP contribution in [0.2, 0.25) is 0 Å². The largest absolute Gasteiger partial charge is 0.401 e. The fraction of sp³-hybridized carbons (Fsp3) is 1.00. The van der Waals surface area contributed by atoms with Crippen LogP contribution in [-0.4, -0.2) is 50.0 Å². The second-order valence-corrected chi connectivity index (χ2v) is 4.46. The molecule has 1 saturated heterocycles. The van der Waals surface area contributed by atoms with Crippen molar-refractivity contribution in [1.29, 1.82) is 0 Å². The van der Waals surface area contributed by atoms with Crippen LogP contribution in [0.1, 0.15) is 25.7 Å². The van der Waals surface area contributed by atoms with Crippen molar-refractivity contribution in [3.63, 3.8) is 0 Å². The lowest BCUT2D eigenvalue weighted by Crippen LogP contribution is -2.38. The minimum atomic E-state index is -4.14. The molecule has 1 heterocycles. The molecule has 1 atom stereocenters. The molecule has 6 heteroatoms. The van der Waals surface area contributed by atoms with Crippen LogP contribution in [0, 0.1) is 0 Å². The Bertz CT molecular complexity index is 205. The number of nitrogens with zero attached hydrogens (tertiary/aromatic N) is 1. The average Bonchev–Trinajstić information content (AvgIpc) is 2.68. The molecule has 0 aromatic heterocycles. The summed E-state index contributed by atoms with van der Waals surface area (Å²) in [5, 5.41) is 0. The molecule has 17 heavy (non-hydrogen) atoms. The highest BCUT2D eigenvalue weighted by Gasteiger charge is 2.30. The van der Waals surface area contributed by atoms with Crippen LogP contribution in [0.5, 0.6) is 0 Å². The van der Waals surface area contributed by atoms with Gasteiger partial charge in [-0.15, -0.1) is 0 Å². The van der Waals surface area contributed by atoms with Crippen LogP contribution >= 0.6 is 0 Å². The van der Waals surface area contributed by atoms with Crippen LogP contribution in [0.3, 0.4) is 0 Å². The summed E-state index contributed by atoms with van der Waals surface area (Å²) in [7, 11) is 0. The maximum Gasteiger partial charge on any atom is 0.401 e. The Hall–Kier alpha value is -0.330. The van der Waals surface area contributed by atoms with Gasteiger partial charge in [-0.1, -0.05) is 0 Å². The van der Waals surface area contributed by atoms with Crippen LogP contribution < -0.4 is 5.73 Å². The molecule has 0 bridgehead atoms. The minimum absolute atomic E-state index is 0.251. The number of ether oxygens (including phenoxy) is 1. The molecule has 1 fully saturated rings. The first-order chi connectivity index (χ1) is 8.01. The zero-order valence-corrected chi connectivity index (χ0v) is 10.0. The van der Waals surface area contributed by atoms with E-state index in [-0.39, 0.29) is 12.6 Å². The highest BCUT2D eigenvalue weighted by Crippen LogP contribution is 2.19. The first-order valence-electron chi connectivity index (χ1n) is 6.12. The quantitative estimate of drug-likeness (QED) is 0.752. The number of hydrogen-bond acceptors (Lipinski definition) is 3. The summed E-state index contributed by atoms with van der Waals surface area (Å²) >= 11 is 0. The molecule has 1 aliphatic rings. The van der Waals surface area contributed by atoms with Crippen LogP contribution in [0.4, 0.5) is 13.2 Å². The first-order valence-corrected chi connectivity index (χ1v) is 6.12. The summed E-state index contributed by atoms with van der Waals surface area (Å²) < 4.78 is 42.2. The molecule has 0 saturated carbocycles. The first kappa shape index (κ1) is 14.7. The standard InChI is InChI=1S/C11H21F3N2O/c12-11(13,14)9-16(7-5-15)6-1-3-10-4-2-8-17-10/h10H,1-9,15H2. The topological polar surface area (TPSA) is 38.5 Å². The van der Waals surface area contributed by atoms with Gasteiger partial charge in [0.25, 0.3) is 0 Å². The summed E-state index contributed by atoms with van der Waals surface area (Å²) in [6.45, 7) is 0.924. The molecule has 2 N–H and O–H groups in total. The van der Waals surface area contributed by atoms with E-state index in [1.165, 1.54) is 4.90 Å². The van der Waals surface area contributed by atoms with E-state index < -0.39 is 12.7 Å². The second-order valence-electron chi connectivity index (χ2n) is 4.46. The van der Waals surface area contributed by atoms with E-state index in [1.807, 2.05) is 0 Å². The SMILES string of the molecule is NCCN(CCCC1CCCO1)CC(F)(F)F. The molecule has 0 spiro atoms. The van der Waals surface area contributed by atoms with E-state index in [9.17, 15) is 13.2 Å². The number of rotatable bonds is 7. The van der Waals surface area contributed by atoms with Crippen molar-refractivity contribution in [2.45, 2.75) is 38.0 Å². The van der Waals surface area contributed by atoms with Crippen LogP contribution in [0.25, 0.3) is 0 Å². The second kappa shape index (κ2) is 7.18. The highest BCUT2D eigenvalue weighted by molar-refractivity contribution is 4.68. The molecule has 3 nitrogen and oxygen atoms in total. The van der Waals surface area contributed by atoms with E-state index >= 15 is 0 Å². The van der Waals surface area contributed by atoms with Crippen molar-refractivity contribution in [2.75, 3.05) is 32.8 Å². The van der Waals surface area contributed by atoms with Gasteiger partial charge in [0.05, 0.1) is 12.6 Å². The lowest BCUT2D eigenvalue weighted by Gasteiger charge is -2.23. The van der Waals surface area contributed by atoms with Gasteiger partial charge in [0.1, 0.15) is 0 Å². The van der Waals surface area contributed by atoms with Gasteiger partial charge in [0, 0.05) is 19.7 Å². The Kier molecular flexibility index (Phi) is 6.22. The molecular weight excluding hydrogens is 233 g/mol. The van der Waals surface area contributed by atoms with Gasteiger partial charge in [-0.3, -0.25) is 4.90 Å². The Morgan fingerprint density at radius 2 is 2.06 bits per heavy atom. The van der Waals surface area contributed by atoms with Crippen molar-refractivity contribution in [3.05, 3.63) is 0 Å². The molecule has 102 valence electrons. The van der Waals surface area contributed by atoms with Gasteiger partial charge < -0.3 is 10.5 Å². The molecule has 0 radical (unpaired) electrons. The van der Waals surface area contributed by atoms with Gasteiger partial charge in [0.2, 0.25) is 0 Å². The number of hydrogen-bond donors (Lipinski definition) is 1. The Morgan fingerprint density at radius 3 is 2.59 bits per heavy atom. The van der Waals surface area contributed by atoms with Crippen molar-refractivity contribution < 1.29 is 17.9 Å². The van der Waals surface area contributed by atoms with E-state index in [0.29, 0.717) is 13.1 Å². The molecular formula is C11H21F3N2O. The number of alkyl halides is 3. The molecule has 0 aromatic carbocycles. The van der Waals surface area contributed by atoms with Gasteiger partial charge in [-0.2, -0.15) is 13.2 Å². The third-order valence-corrected chi connectivity index (χ3v) is 2.87. The summed E-state index contributed by atoms with van der Waals surface area (Å²) in [6, 6.07) is 0. The minimum Gasteiger partial charge on any atom is -0.378 e. The third kappa shape index (κ3) is 6.85. The summed E-state index contributed by atoms with van der Waals surface area (Å²) in [5.74, 6) is 0. The molecule has 1 unspecified atom stereocenters. The van der Waals surface area contributed by atoms with Crippen molar-refractivity contribution in [3.8, 4) is 0 Å². The lowest BCUT2D eigenvalue weighted by atomic mass is 10.1. The third-order valence-electron chi connectivity index (χ3n) is 2.87. The zero-order chi connectivity index (χ0) is 12.7. The normalized spacial score (nSPS) is 21.4. The average molecular weight is 254 g/mol. The number of nitrogens with two attached hydrogens (primary N) is 1. The van der Waals surface area contributed by atoms with Crippen molar-refractivity contribution in [1.82, 2.24) is 4.90 Å². The van der Waals surface area contributed by atoms with Crippen molar-refractivity contribution in [2.24, 2.45) is 5.73 Å². The van der Waals surface area contributed by atoms with E-state index in [0.717, 1.165) is 32.3 Å². The predicted octanol–water partition coefficient (Wildman–Crippen LogP) is 1.77. The van der Waals surface area contributed by atoms with E-state index in [2.05, 4.69) is 0 Å². The zero-order valence-electron chi connectivity index (χ0n) is 10.0. The fourth-order valence-corrected chi connectivity index (χ4v) is 2.12. The smallest absolute Gasteiger partial charge is 0.378 e. The monoisotopic (exact) mass is 254 g/mol. The summed E-state index contributed by atoms with van der Waals surface area (Å²) in [5.41, 5.74) is 5.31. The Labute approximate surface area is 100 Å².